The first-order chi connectivity index (χ1) is 13.6. The molecule has 1 unspecified atom stereocenters. The number of aryl methyl sites for hydroxylation is 1. The average molecular weight is 383 g/mol. The molecule has 1 aliphatic heterocycles. The number of imidazole rings is 1. The Bertz CT molecular complexity index is 813. The van der Waals surface area contributed by atoms with Gasteiger partial charge in [-0.15, -0.1) is 0 Å². The first-order valence-corrected chi connectivity index (χ1v) is 10.3. The van der Waals surface area contributed by atoms with Gasteiger partial charge in [-0.25, -0.2) is 4.98 Å². The van der Waals surface area contributed by atoms with Gasteiger partial charge in [-0.1, -0.05) is 37.3 Å². The van der Waals surface area contributed by atoms with E-state index in [2.05, 4.69) is 27.8 Å². The zero-order valence-corrected chi connectivity index (χ0v) is 16.8. The third kappa shape index (κ3) is 4.80. The number of amides is 2. The van der Waals surface area contributed by atoms with E-state index in [1.54, 1.807) is 0 Å². The number of hydrogen-bond donors (Lipinski definition) is 2. The highest BCUT2D eigenvalue weighted by molar-refractivity contribution is 5.97. The monoisotopic (exact) mass is 382 g/mol. The number of aromatic nitrogens is 2. The van der Waals surface area contributed by atoms with E-state index in [1.807, 2.05) is 36.6 Å². The number of hydrogen-bond acceptors (Lipinski definition) is 3. The second-order valence-electron chi connectivity index (χ2n) is 7.47. The Morgan fingerprint density at radius 3 is 2.71 bits per heavy atom. The summed E-state index contributed by atoms with van der Waals surface area (Å²) >= 11 is 0. The van der Waals surface area contributed by atoms with Crippen molar-refractivity contribution in [1.82, 2.24) is 20.2 Å². The molecule has 1 aromatic carbocycles. The minimum Gasteiger partial charge on any atom is -0.349 e. The van der Waals surface area contributed by atoms with Gasteiger partial charge < -0.3 is 15.2 Å². The molecule has 0 saturated carbocycles. The van der Waals surface area contributed by atoms with Gasteiger partial charge in [0.15, 0.2) is 5.82 Å². The molecule has 2 aromatic rings. The zero-order valence-electron chi connectivity index (χ0n) is 16.8. The highest BCUT2D eigenvalue weighted by atomic mass is 16.2. The predicted molar refractivity (Wildman–Crippen MR) is 109 cm³/mol. The molecule has 3 rings (SSSR count). The summed E-state index contributed by atoms with van der Waals surface area (Å²) in [6.45, 7) is 5.33. The first-order valence-electron chi connectivity index (χ1n) is 10.3. The summed E-state index contributed by atoms with van der Waals surface area (Å²) in [6, 6.07) is 10.3. The van der Waals surface area contributed by atoms with Gasteiger partial charge in [0.2, 0.25) is 0 Å². The lowest BCUT2D eigenvalue weighted by Crippen LogP contribution is -2.33. The number of benzene rings is 1. The molecular formula is C22H30N4O2. The Hall–Kier alpha value is -2.63. The van der Waals surface area contributed by atoms with Crippen molar-refractivity contribution in [1.29, 1.82) is 0 Å². The van der Waals surface area contributed by atoms with Crippen LogP contribution in [0.15, 0.2) is 30.3 Å². The van der Waals surface area contributed by atoms with Crippen LogP contribution in [0.3, 0.4) is 0 Å². The third-order valence-electron chi connectivity index (χ3n) is 5.30. The van der Waals surface area contributed by atoms with E-state index in [0.717, 1.165) is 50.8 Å². The van der Waals surface area contributed by atoms with Crippen LogP contribution >= 0.6 is 0 Å². The van der Waals surface area contributed by atoms with Crippen molar-refractivity contribution >= 4 is 11.8 Å². The number of nitrogens with zero attached hydrogens (tertiary/aromatic N) is 2. The van der Waals surface area contributed by atoms with E-state index in [1.165, 1.54) is 5.56 Å². The number of fused-ring (bicyclic) bond motifs is 1. The highest BCUT2D eigenvalue weighted by Gasteiger charge is 2.27. The summed E-state index contributed by atoms with van der Waals surface area (Å²) in [5.74, 6) is -0.00866. The van der Waals surface area contributed by atoms with Crippen LogP contribution in [0.5, 0.6) is 0 Å². The zero-order chi connectivity index (χ0) is 19.9. The van der Waals surface area contributed by atoms with Crippen LogP contribution in [-0.4, -0.2) is 34.0 Å². The molecule has 0 spiro atoms. The van der Waals surface area contributed by atoms with Gasteiger partial charge >= 0.3 is 0 Å². The lowest BCUT2D eigenvalue weighted by molar-refractivity contribution is 0.0933. The minimum atomic E-state index is -0.196. The SMILES string of the molecule is CCC(C)NC(=O)c1nc(C(=O)NCCCc2ccccc2)n2c1CCCC2. The molecule has 150 valence electrons. The molecule has 2 amide bonds. The van der Waals surface area contributed by atoms with E-state index in [4.69, 9.17) is 0 Å². The van der Waals surface area contributed by atoms with Crippen LogP contribution < -0.4 is 10.6 Å². The molecule has 1 aliphatic rings. The number of carbonyl (C=O) groups is 2. The first kappa shape index (κ1) is 20.1. The molecule has 1 aromatic heterocycles. The van der Waals surface area contributed by atoms with Crippen molar-refractivity contribution in [2.75, 3.05) is 6.54 Å². The molecule has 0 bridgehead atoms. The summed E-state index contributed by atoms with van der Waals surface area (Å²) in [4.78, 5) is 29.8. The van der Waals surface area contributed by atoms with Crippen molar-refractivity contribution in [2.45, 2.75) is 65.0 Å². The average Bonchev–Trinajstić information content (AvgIpc) is 3.11. The second-order valence-corrected chi connectivity index (χ2v) is 7.47. The summed E-state index contributed by atoms with van der Waals surface area (Å²) < 4.78 is 1.93. The number of nitrogens with one attached hydrogen (secondary N) is 2. The maximum Gasteiger partial charge on any atom is 0.287 e. The summed E-state index contributed by atoms with van der Waals surface area (Å²) in [5.41, 5.74) is 2.56. The van der Waals surface area contributed by atoms with Gasteiger partial charge in [0, 0.05) is 19.1 Å². The second kappa shape index (κ2) is 9.53. The maximum atomic E-state index is 12.7. The van der Waals surface area contributed by atoms with Gasteiger partial charge in [0.1, 0.15) is 5.69 Å². The fraction of sp³-hybridized carbons (Fsp3) is 0.500. The van der Waals surface area contributed by atoms with E-state index in [0.29, 0.717) is 18.1 Å². The van der Waals surface area contributed by atoms with E-state index < -0.39 is 0 Å². The topological polar surface area (TPSA) is 76.0 Å². The predicted octanol–water partition coefficient (Wildman–Crippen LogP) is 3.11. The number of carbonyl (C=O) groups excluding carboxylic acids is 2. The normalized spacial score (nSPS) is 14.2. The molecule has 0 saturated heterocycles. The van der Waals surface area contributed by atoms with Crippen LogP contribution in [0.1, 0.15) is 71.9 Å². The summed E-state index contributed by atoms with van der Waals surface area (Å²) in [6.07, 6.45) is 5.46. The minimum absolute atomic E-state index is 0.0868. The van der Waals surface area contributed by atoms with Crippen LogP contribution in [0.2, 0.25) is 0 Å². The standard InChI is InChI=1S/C22H30N4O2/c1-3-16(2)24-21(27)19-18-13-7-8-15-26(18)20(25-19)22(28)23-14-9-12-17-10-5-4-6-11-17/h4-6,10-11,16H,3,7-9,12-15H2,1-2H3,(H,23,28)(H,24,27). The van der Waals surface area contributed by atoms with E-state index in [-0.39, 0.29) is 17.9 Å². The van der Waals surface area contributed by atoms with E-state index in [9.17, 15) is 9.59 Å². The van der Waals surface area contributed by atoms with Crippen LogP contribution in [0.4, 0.5) is 0 Å². The van der Waals surface area contributed by atoms with Gasteiger partial charge in [-0.2, -0.15) is 0 Å². The number of rotatable bonds is 8. The maximum absolute atomic E-state index is 12.7. The van der Waals surface area contributed by atoms with Gasteiger partial charge in [0.25, 0.3) is 11.8 Å². The molecule has 6 heteroatoms. The highest BCUT2D eigenvalue weighted by Crippen LogP contribution is 2.21. The van der Waals surface area contributed by atoms with Gasteiger partial charge in [-0.3, -0.25) is 9.59 Å². The molecule has 28 heavy (non-hydrogen) atoms. The quantitative estimate of drug-likeness (QED) is 0.689. The fourth-order valence-electron chi connectivity index (χ4n) is 3.51. The lowest BCUT2D eigenvalue weighted by atomic mass is 10.1. The molecule has 0 aliphatic carbocycles. The Balaban J connectivity index is 1.65. The smallest absolute Gasteiger partial charge is 0.287 e. The van der Waals surface area contributed by atoms with Gasteiger partial charge in [-0.05, 0) is 51.0 Å². The summed E-state index contributed by atoms with van der Waals surface area (Å²) in [7, 11) is 0. The Morgan fingerprint density at radius 1 is 1.18 bits per heavy atom. The molecule has 6 nitrogen and oxygen atoms in total. The Labute approximate surface area is 166 Å². The third-order valence-corrected chi connectivity index (χ3v) is 5.30. The van der Waals surface area contributed by atoms with Crippen LogP contribution in [-0.2, 0) is 19.4 Å². The van der Waals surface area contributed by atoms with Crippen molar-refractivity contribution < 1.29 is 9.59 Å². The molecular weight excluding hydrogens is 352 g/mol. The fourth-order valence-corrected chi connectivity index (χ4v) is 3.51. The molecule has 0 radical (unpaired) electrons. The van der Waals surface area contributed by atoms with Crippen LogP contribution in [0.25, 0.3) is 0 Å². The van der Waals surface area contributed by atoms with Gasteiger partial charge in [0.05, 0.1) is 5.69 Å². The molecule has 2 heterocycles. The van der Waals surface area contributed by atoms with Crippen molar-refractivity contribution in [3.63, 3.8) is 0 Å². The molecule has 2 N–H and O–H groups in total. The molecule has 1 atom stereocenters. The van der Waals surface area contributed by atoms with Crippen LogP contribution in [0, 0.1) is 0 Å². The summed E-state index contributed by atoms with van der Waals surface area (Å²) in [5, 5.41) is 5.94. The Kier molecular flexibility index (Phi) is 6.85. The van der Waals surface area contributed by atoms with Crippen molar-refractivity contribution in [3.8, 4) is 0 Å². The molecule has 0 fully saturated rings. The Morgan fingerprint density at radius 2 is 1.96 bits per heavy atom. The van der Waals surface area contributed by atoms with E-state index >= 15 is 0 Å². The van der Waals surface area contributed by atoms with Crippen molar-refractivity contribution in [2.24, 2.45) is 0 Å². The van der Waals surface area contributed by atoms with Crippen molar-refractivity contribution in [3.05, 3.63) is 53.1 Å². The largest absolute Gasteiger partial charge is 0.349 e. The lowest BCUT2D eigenvalue weighted by Gasteiger charge is -2.17.